The van der Waals surface area contributed by atoms with E-state index in [1.165, 1.54) is 25.7 Å². The lowest BCUT2D eigenvalue weighted by molar-refractivity contribution is -0.426. The zero-order valence-corrected chi connectivity index (χ0v) is 18.6. The number of nitrogens with zero attached hydrogens (tertiary/aromatic N) is 1. The number of carbonyl (C=O) groups is 1. The van der Waals surface area contributed by atoms with Crippen LogP contribution in [0.1, 0.15) is 56.3 Å². The van der Waals surface area contributed by atoms with Crippen molar-refractivity contribution in [2.24, 2.45) is 17.8 Å². The summed E-state index contributed by atoms with van der Waals surface area (Å²) in [7, 11) is 0. The quantitative estimate of drug-likeness (QED) is 0.475. The number of rotatable bonds is 8. The molecule has 1 aromatic carbocycles. The van der Waals surface area contributed by atoms with E-state index in [4.69, 9.17) is 4.74 Å². The number of quaternary nitrogens is 1. The monoisotopic (exact) mass is 413 g/mol. The van der Waals surface area contributed by atoms with Crippen LogP contribution in [0.15, 0.2) is 47.5 Å². The highest BCUT2D eigenvalue weighted by Crippen LogP contribution is 2.33. The van der Waals surface area contributed by atoms with E-state index >= 15 is 0 Å². The summed E-state index contributed by atoms with van der Waals surface area (Å²) in [6.07, 6.45) is 9.73. The summed E-state index contributed by atoms with van der Waals surface area (Å²) >= 11 is 1.66. The standard InChI is InChI=1S/C24H32N2O2S/c1-16(14-18-9-11-19(25)12-10-18)17(2)23(27)22-8-5-13-26-24(22)28-20-6-4-7-21(15-20)29-3/h4-8,13,15-19H,9-12,14,25H2,1-3H3/p+1. The summed E-state index contributed by atoms with van der Waals surface area (Å²) in [6, 6.07) is 12.1. The number of hydrogen-bond acceptors (Lipinski definition) is 4. The van der Waals surface area contributed by atoms with Gasteiger partial charge in [-0.2, -0.15) is 0 Å². The van der Waals surface area contributed by atoms with Crippen molar-refractivity contribution in [3.63, 3.8) is 0 Å². The molecule has 0 amide bonds. The van der Waals surface area contributed by atoms with Crippen LogP contribution in [0.5, 0.6) is 11.6 Å². The van der Waals surface area contributed by atoms with Crippen LogP contribution in [-0.2, 0) is 0 Å². The Morgan fingerprint density at radius 1 is 1.21 bits per heavy atom. The van der Waals surface area contributed by atoms with Gasteiger partial charge in [0.15, 0.2) is 5.78 Å². The molecule has 3 rings (SSSR count). The van der Waals surface area contributed by atoms with E-state index in [0.717, 1.165) is 17.2 Å². The summed E-state index contributed by atoms with van der Waals surface area (Å²) < 4.78 is 6.01. The molecule has 1 aliphatic carbocycles. The third-order valence-electron chi connectivity index (χ3n) is 6.23. The Hall–Kier alpha value is -1.85. The molecule has 0 radical (unpaired) electrons. The first-order valence-electron chi connectivity index (χ1n) is 10.6. The minimum Gasteiger partial charge on any atom is -0.438 e. The molecule has 1 aliphatic rings. The van der Waals surface area contributed by atoms with Crippen molar-refractivity contribution in [3.05, 3.63) is 48.2 Å². The Labute approximate surface area is 178 Å². The third kappa shape index (κ3) is 5.83. The number of aromatic nitrogens is 1. The molecular formula is C24H33N2O2S+. The van der Waals surface area contributed by atoms with E-state index in [-0.39, 0.29) is 11.7 Å². The van der Waals surface area contributed by atoms with Gasteiger partial charge in [-0.3, -0.25) is 4.79 Å². The maximum absolute atomic E-state index is 13.3. The summed E-state index contributed by atoms with van der Waals surface area (Å²) in [5.74, 6) is 2.21. The molecule has 4 nitrogen and oxygen atoms in total. The number of ether oxygens (including phenoxy) is 1. The molecule has 2 aromatic rings. The zero-order chi connectivity index (χ0) is 20.8. The molecule has 1 heterocycles. The number of carbonyl (C=O) groups excluding carboxylic acids is 1. The number of Topliss-reactive ketones (excluding diaryl/α,β-unsaturated/α-hetero) is 1. The van der Waals surface area contributed by atoms with Crippen LogP contribution in [0.25, 0.3) is 0 Å². The Morgan fingerprint density at radius 3 is 2.69 bits per heavy atom. The van der Waals surface area contributed by atoms with Gasteiger partial charge < -0.3 is 10.5 Å². The molecule has 0 bridgehead atoms. The average molecular weight is 414 g/mol. The predicted octanol–water partition coefficient (Wildman–Crippen LogP) is 5.24. The zero-order valence-electron chi connectivity index (χ0n) is 17.8. The predicted molar refractivity (Wildman–Crippen MR) is 118 cm³/mol. The molecule has 0 saturated heterocycles. The fourth-order valence-corrected chi connectivity index (χ4v) is 4.59. The molecular weight excluding hydrogens is 380 g/mol. The Bertz CT molecular complexity index is 818. The molecule has 1 saturated carbocycles. The maximum atomic E-state index is 13.3. The van der Waals surface area contributed by atoms with E-state index in [1.807, 2.05) is 49.6 Å². The molecule has 156 valence electrons. The van der Waals surface area contributed by atoms with Gasteiger partial charge in [-0.1, -0.05) is 19.9 Å². The minimum atomic E-state index is -0.0587. The van der Waals surface area contributed by atoms with Crippen LogP contribution in [0.4, 0.5) is 0 Å². The molecule has 29 heavy (non-hydrogen) atoms. The van der Waals surface area contributed by atoms with Crippen molar-refractivity contribution >= 4 is 17.5 Å². The van der Waals surface area contributed by atoms with Crippen molar-refractivity contribution in [1.82, 2.24) is 4.98 Å². The molecule has 2 atom stereocenters. The smallest absolute Gasteiger partial charge is 0.230 e. The van der Waals surface area contributed by atoms with Gasteiger partial charge in [-0.05, 0) is 80.5 Å². The lowest BCUT2D eigenvalue weighted by atomic mass is 9.77. The normalized spacial score (nSPS) is 21.4. The largest absolute Gasteiger partial charge is 0.438 e. The van der Waals surface area contributed by atoms with Gasteiger partial charge in [0.05, 0.1) is 11.6 Å². The molecule has 0 aliphatic heterocycles. The van der Waals surface area contributed by atoms with Crippen molar-refractivity contribution < 1.29 is 15.3 Å². The fourth-order valence-electron chi connectivity index (χ4n) is 4.14. The number of pyridine rings is 1. The molecule has 2 unspecified atom stereocenters. The highest BCUT2D eigenvalue weighted by atomic mass is 32.2. The molecule has 3 N–H and O–H groups in total. The number of thioether (sulfide) groups is 1. The van der Waals surface area contributed by atoms with Crippen molar-refractivity contribution in [2.75, 3.05) is 6.26 Å². The average Bonchev–Trinajstić information content (AvgIpc) is 2.75. The second kappa shape index (κ2) is 10.3. The first kappa shape index (κ1) is 21.8. The second-order valence-electron chi connectivity index (χ2n) is 8.39. The van der Waals surface area contributed by atoms with Gasteiger partial charge in [0, 0.05) is 17.0 Å². The van der Waals surface area contributed by atoms with E-state index in [1.54, 1.807) is 18.0 Å². The van der Waals surface area contributed by atoms with Crippen LogP contribution in [-0.4, -0.2) is 23.1 Å². The van der Waals surface area contributed by atoms with Crippen molar-refractivity contribution in [2.45, 2.75) is 56.9 Å². The minimum absolute atomic E-state index is 0.0587. The molecule has 5 heteroatoms. The second-order valence-corrected chi connectivity index (χ2v) is 9.27. The third-order valence-corrected chi connectivity index (χ3v) is 6.96. The molecule has 0 spiro atoms. The van der Waals surface area contributed by atoms with Crippen molar-refractivity contribution in [1.29, 1.82) is 0 Å². The molecule has 1 fully saturated rings. The van der Waals surface area contributed by atoms with Crippen LogP contribution in [0.2, 0.25) is 0 Å². The maximum Gasteiger partial charge on any atom is 0.230 e. The highest BCUT2D eigenvalue weighted by molar-refractivity contribution is 7.98. The summed E-state index contributed by atoms with van der Waals surface area (Å²) in [4.78, 5) is 18.8. The topological polar surface area (TPSA) is 66.8 Å². The van der Waals surface area contributed by atoms with Crippen LogP contribution >= 0.6 is 11.8 Å². The van der Waals surface area contributed by atoms with E-state index < -0.39 is 0 Å². The first-order valence-corrected chi connectivity index (χ1v) is 11.8. The number of benzene rings is 1. The number of hydrogen-bond donors (Lipinski definition) is 1. The van der Waals surface area contributed by atoms with Crippen LogP contribution < -0.4 is 10.5 Å². The van der Waals surface area contributed by atoms with E-state index in [9.17, 15) is 4.79 Å². The van der Waals surface area contributed by atoms with E-state index in [2.05, 4.69) is 17.6 Å². The fraction of sp³-hybridized carbons (Fsp3) is 0.500. The summed E-state index contributed by atoms with van der Waals surface area (Å²) in [5, 5.41) is 0. The van der Waals surface area contributed by atoms with Crippen molar-refractivity contribution in [3.8, 4) is 11.6 Å². The van der Waals surface area contributed by atoms with Gasteiger partial charge in [0.1, 0.15) is 5.75 Å². The Kier molecular flexibility index (Phi) is 7.73. The van der Waals surface area contributed by atoms with Gasteiger partial charge >= 0.3 is 0 Å². The van der Waals surface area contributed by atoms with Crippen LogP contribution in [0.3, 0.4) is 0 Å². The van der Waals surface area contributed by atoms with Crippen LogP contribution in [0, 0.1) is 17.8 Å². The molecule has 1 aromatic heterocycles. The lowest BCUT2D eigenvalue weighted by Gasteiger charge is -2.28. The lowest BCUT2D eigenvalue weighted by Crippen LogP contribution is -2.61. The highest BCUT2D eigenvalue weighted by Gasteiger charge is 2.29. The SMILES string of the molecule is CSc1cccc(Oc2ncccc2C(=O)C(C)C(C)CC2CCC([NH3+])CC2)c1. The van der Waals surface area contributed by atoms with E-state index in [0.29, 0.717) is 29.2 Å². The number of ketones is 1. The van der Waals surface area contributed by atoms with Gasteiger partial charge in [0.25, 0.3) is 0 Å². The van der Waals surface area contributed by atoms with Gasteiger partial charge in [-0.25, -0.2) is 4.98 Å². The summed E-state index contributed by atoms with van der Waals surface area (Å²) in [6.45, 7) is 4.25. The first-order chi connectivity index (χ1) is 14.0. The Balaban J connectivity index is 1.69. The summed E-state index contributed by atoms with van der Waals surface area (Å²) in [5.41, 5.74) is 4.76. The Morgan fingerprint density at radius 2 is 1.97 bits per heavy atom. The van der Waals surface area contributed by atoms with Gasteiger partial charge in [0.2, 0.25) is 5.88 Å². The van der Waals surface area contributed by atoms with Gasteiger partial charge in [-0.15, -0.1) is 11.8 Å².